The van der Waals surface area contributed by atoms with Gasteiger partial charge in [0.1, 0.15) is 10.7 Å². The number of aromatic nitrogens is 1. The Morgan fingerprint density at radius 1 is 1.47 bits per heavy atom. The van der Waals surface area contributed by atoms with Gasteiger partial charge in [-0.05, 0) is 18.2 Å². The number of nitrogens with two attached hydrogens (primary N) is 1. The summed E-state index contributed by atoms with van der Waals surface area (Å²) in [6.45, 7) is 0.0455. The van der Waals surface area contributed by atoms with Crippen molar-refractivity contribution < 1.29 is 12.8 Å². The molecule has 102 valence electrons. The van der Waals surface area contributed by atoms with Crippen molar-refractivity contribution in [2.75, 3.05) is 5.43 Å². The third-order valence-corrected chi connectivity index (χ3v) is 3.94. The molecule has 0 amide bonds. The molecule has 7 nitrogen and oxygen atoms in total. The molecule has 0 saturated heterocycles. The van der Waals surface area contributed by atoms with E-state index in [0.29, 0.717) is 5.76 Å². The normalized spacial score (nSPS) is 11.5. The number of hydrazine groups is 1. The van der Waals surface area contributed by atoms with E-state index in [9.17, 15) is 8.42 Å². The number of nitrogens with one attached hydrogen (secondary N) is 2. The maximum absolute atomic E-state index is 12.0. The number of furan rings is 1. The molecule has 0 aromatic carbocycles. The Labute approximate surface area is 114 Å². The van der Waals surface area contributed by atoms with Crippen LogP contribution in [0, 0.1) is 0 Å². The van der Waals surface area contributed by atoms with Gasteiger partial charge in [-0.1, -0.05) is 11.6 Å². The van der Waals surface area contributed by atoms with E-state index < -0.39 is 10.0 Å². The Kier molecular flexibility index (Phi) is 4.05. The van der Waals surface area contributed by atoms with Gasteiger partial charge in [-0.25, -0.2) is 24.0 Å². The van der Waals surface area contributed by atoms with Crippen LogP contribution in [0.5, 0.6) is 0 Å². The van der Waals surface area contributed by atoms with Gasteiger partial charge in [0.05, 0.1) is 17.8 Å². The van der Waals surface area contributed by atoms with Crippen LogP contribution < -0.4 is 16.0 Å². The molecule has 0 aliphatic carbocycles. The zero-order valence-electron chi connectivity index (χ0n) is 9.63. The minimum absolute atomic E-state index is 0.0455. The summed E-state index contributed by atoms with van der Waals surface area (Å²) >= 11 is 5.82. The molecule has 4 N–H and O–H groups in total. The zero-order valence-corrected chi connectivity index (χ0v) is 11.2. The van der Waals surface area contributed by atoms with Crippen molar-refractivity contribution >= 4 is 27.4 Å². The maximum Gasteiger partial charge on any atom is 0.242 e. The fourth-order valence-electron chi connectivity index (χ4n) is 1.34. The Morgan fingerprint density at radius 3 is 2.84 bits per heavy atom. The summed E-state index contributed by atoms with van der Waals surface area (Å²) in [5.74, 6) is 5.86. The van der Waals surface area contributed by atoms with E-state index in [1.54, 1.807) is 12.1 Å². The molecule has 19 heavy (non-hydrogen) atoms. The fourth-order valence-corrected chi connectivity index (χ4v) is 2.59. The Balaban J connectivity index is 2.17. The number of sulfonamides is 1. The number of hydrogen-bond acceptors (Lipinski definition) is 6. The monoisotopic (exact) mass is 302 g/mol. The zero-order chi connectivity index (χ0) is 13.9. The van der Waals surface area contributed by atoms with Gasteiger partial charge in [0.2, 0.25) is 10.0 Å². The third-order valence-electron chi connectivity index (χ3n) is 2.28. The van der Waals surface area contributed by atoms with Crippen LogP contribution in [0.2, 0.25) is 5.02 Å². The molecule has 2 heterocycles. The molecule has 2 aromatic heterocycles. The van der Waals surface area contributed by atoms with E-state index in [1.807, 2.05) is 0 Å². The number of halogens is 1. The topological polar surface area (TPSA) is 110 Å². The van der Waals surface area contributed by atoms with Gasteiger partial charge in [-0.2, -0.15) is 0 Å². The number of hydrogen-bond donors (Lipinski definition) is 3. The van der Waals surface area contributed by atoms with Crippen LogP contribution in [-0.2, 0) is 16.6 Å². The second-order valence-corrected chi connectivity index (χ2v) is 5.72. The number of pyridine rings is 1. The first-order valence-corrected chi connectivity index (χ1v) is 7.03. The summed E-state index contributed by atoms with van der Waals surface area (Å²) < 4.78 is 31.4. The quantitative estimate of drug-likeness (QED) is 0.563. The molecule has 9 heteroatoms. The molecule has 0 fully saturated rings. The minimum Gasteiger partial charge on any atom is -0.468 e. The van der Waals surface area contributed by atoms with E-state index in [2.05, 4.69) is 15.1 Å². The molecule has 2 aromatic rings. The molecule has 0 spiro atoms. The van der Waals surface area contributed by atoms with Gasteiger partial charge in [0.15, 0.2) is 5.82 Å². The average molecular weight is 303 g/mol. The molecule has 0 aliphatic heterocycles. The molecule has 0 aliphatic rings. The highest BCUT2D eigenvalue weighted by Crippen LogP contribution is 2.21. The van der Waals surface area contributed by atoms with E-state index in [0.717, 1.165) is 6.20 Å². The number of nitrogen functional groups attached to an aromatic ring is 1. The van der Waals surface area contributed by atoms with E-state index in [-0.39, 0.29) is 22.3 Å². The fraction of sp³-hybridized carbons (Fsp3) is 0.100. The molecule has 0 radical (unpaired) electrons. The van der Waals surface area contributed by atoms with Crippen molar-refractivity contribution in [1.82, 2.24) is 9.71 Å². The lowest BCUT2D eigenvalue weighted by Crippen LogP contribution is -2.23. The lowest BCUT2D eigenvalue weighted by Gasteiger charge is -2.07. The van der Waals surface area contributed by atoms with E-state index in [1.165, 1.54) is 12.3 Å². The first kappa shape index (κ1) is 13.8. The molecule has 0 atom stereocenters. The van der Waals surface area contributed by atoms with Crippen LogP contribution in [0.25, 0.3) is 0 Å². The summed E-state index contributed by atoms with van der Waals surface area (Å²) in [6, 6.07) is 4.59. The van der Waals surface area contributed by atoms with Crippen LogP contribution >= 0.6 is 11.6 Å². The van der Waals surface area contributed by atoms with Gasteiger partial charge in [-0.15, -0.1) is 0 Å². The first-order chi connectivity index (χ1) is 9.03. The maximum atomic E-state index is 12.0. The standard InChI is InChI=1S/C10H11ClN4O3S/c11-9-4-8(6-13-10(9)15-12)19(16,17)14-5-7-2-1-3-18-7/h1-4,6,14H,5,12H2,(H,13,15). The first-order valence-electron chi connectivity index (χ1n) is 5.17. The van der Waals surface area contributed by atoms with E-state index >= 15 is 0 Å². The summed E-state index contributed by atoms with van der Waals surface area (Å²) in [6.07, 6.45) is 2.62. The van der Waals surface area contributed by atoms with Crippen LogP contribution in [0.3, 0.4) is 0 Å². The van der Waals surface area contributed by atoms with E-state index in [4.69, 9.17) is 21.9 Å². The molecular formula is C10H11ClN4O3S. The number of anilines is 1. The lowest BCUT2D eigenvalue weighted by molar-refractivity contribution is 0.498. The molecular weight excluding hydrogens is 292 g/mol. The smallest absolute Gasteiger partial charge is 0.242 e. The van der Waals surface area contributed by atoms with Gasteiger partial charge >= 0.3 is 0 Å². The van der Waals surface area contributed by atoms with Gasteiger partial charge in [0.25, 0.3) is 0 Å². The van der Waals surface area contributed by atoms with Crippen LogP contribution in [0.1, 0.15) is 5.76 Å². The number of nitrogens with zero attached hydrogens (tertiary/aromatic N) is 1. The second-order valence-electron chi connectivity index (χ2n) is 3.55. The largest absolute Gasteiger partial charge is 0.468 e. The highest BCUT2D eigenvalue weighted by atomic mass is 35.5. The second kappa shape index (κ2) is 5.57. The summed E-state index contributed by atoms with van der Waals surface area (Å²) in [5.41, 5.74) is 2.25. The minimum atomic E-state index is -3.71. The van der Waals surface area contributed by atoms with Crippen LogP contribution in [-0.4, -0.2) is 13.4 Å². The van der Waals surface area contributed by atoms with Crippen molar-refractivity contribution in [2.24, 2.45) is 5.84 Å². The molecule has 0 saturated carbocycles. The number of rotatable bonds is 5. The Bertz CT molecular complexity index is 657. The van der Waals surface area contributed by atoms with Crippen molar-refractivity contribution in [3.8, 4) is 0 Å². The SMILES string of the molecule is NNc1ncc(S(=O)(=O)NCc2ccco2)cc1Cl. The Morgan fingerprint density at radius 2 is 2.26 bits per heavy atom. The van der Waals surface area contributed by atoms with Gasteiger partial charge in [-0.3, -0.25) is 0 Å². The van der Waals surface area contributed by atoms with Crippen molar-refractivity contribution in [2.45, 2.75) is 11.4 Å². The van der Waals surface area contributed by atoms with Crippen LogP contribution in [0.15, 0.2) is 40.0 Å². The predicted octanol–water partition coefficient (Wildman–Crippen LogP) is 1.09. The molecule has 0 bridgehead atoms. The summed E-state index contributed by atoms with van der Waals surface area (Å²) in [7, 11) is -3.71. The molecule has 2 rings (SSSR count). The average Bonchev–Trinajstić information content (AvgIpc) is 2.89. The Hall–Kier alpha value is -1.61. The van der Waals surface area contributed by atoms with Crippen molar-refractivity contribution in [3.05, 3.63) is 41.4 Å². The van der Waals surface area contributed by atoms with Crippen molar-refractivity contribution in [3.63, 3.8) is 0 Å². The highest BCUT2D eigenvalue weighted by Gasteiger charge is 2.16. The van der Waals surface area contributed by atoms with Crippen LogP contribution in [0.4, 0.5) is 5.82 Å². The van der Waals surface area contributed by atoms with Crippen molar-refractivity contribution in [1.29, 1.82) is 0 Å². The highest BCUT2D eigenvalue weighted by molar-refractivity contribution is 7.89. The van der Waals surface area contributed by atoms with Gasteiger partial charge in [0, 0.05) is 6.20 Å². The summed E-state index contributed by atoms with van der Waals surface area (Å²) in [5, 5.41) is 0.114. The van der Waals surface area contributed by atoms with Gasteiger partial charge < -0.3 is 9.84 Å². The third kappa shape index (κ3) is 3.24. The summed E-state index contributed by atoms with van der Waals surface area (Å²) in [4.78, 5) is 3.74. The molecule has 0 unspecified atom stereocenters. The predicted molar refractivity (Wildman–Crippen MR) is 69.8 cm³/mol. The lowest BCUT2D eigenvalue weighted by atomic mass is 10.5.